The number of anilines is 2. The van der Waals surface area contributed by atoms with Crippen LogP contribution in [0.15, 0.2) is 72.9 Å². The lowest BCUT2D eigenvalue weighted by molar-refractivity contribution is 0.600. The van der Waals surface area contributed by atoms with E-state index in [1.807, 2.05) is 30.3 Å². The van der Waals surface area contributed by atoms with Crippen LogP contribution >= 0.6 is 0 Å². The first-order valence-electron chi connectivity index (χ1n) is 8.49. The molecule has 27 heavy (non-hydrogen) atoms. The fourth-order valence-corrected chi connectivity index (χ4v) is 3.52. The summed E-state index contributed by atoms with van der Waals surface area (Å²) in [4.78, 5) is 4.13. The van der Waals surface area contributed by atoms with Crippen LogP contribution in [0.25, 0.3) is 0 Å². The lowest BCUT2D eigenvalue weighted by atomic mass is 10.2. The van der Waals surface area contributed by atoms with E-state index in [1.165, 1.54) is 12.1 Å². The minimum atomic E-state index is -3.47. The summed E-state index contributed by atoms with van der Waals surface area (Å²) in [6, 6.07) is 19.0. The van der Waals surface area contributed by atoms with Crippen LogP contribution in [0.4, 0.5) is 15.9 Å². The summed E-state index contributed by atoms with van der Waals surface area (Å²) < 4.78 is 39.8. The third kappa shape index (κ3) is 6.07. The summed E-state index contributed by atoms with van der Waals surface area (Å²) >= 11 is 0. The van der Waals surface area contributed by atoms with Crippen molar-refractivity contribution in [1.29, 1.82) is 0 Å². The molecule has 5 nitrogen and oxygen atoms in total. The fourth-order valence-electron chi connectivity index (χ4n) is 2.47. The molecule has 3 aromatic rings. The van der Waals surface area contributed by atoms with E-state index in [-0.39, 0.29) is 17.4 Å². The van der Waals surface area contributed by atoms with Gasteiger partial charge in [-0.3, -0.25) is 4.72 Å². The highest BCUT2D eigenvalue weighted by Crippen LogP contribution is 2.13. The van der Waals surface area contributed by atoms with E-state index in [2.05, 4.69) is 15.0 Å². The molecule has 0 spiro atoms. The topological polar surface area (TPSA) is 71.1 Å². The minimum Gasteiger partial charge on any atom is -0.380 e. The molecular formula is C20H20FN3O2S. The van der Waals surface area contributed by atoms with E-state index in [0.717, 1.165) is 16.8 Å². The molecule has 0 bridgehead atoms. The van der Waals surface area contributed by atoms with E-state index in [4.69, 9.17) is 0 Å². The average Bonchev–Trinajstić information content (AvgIpc) is 2.68. The normalized spacial score (nSPS) is 11.1. The zero-order valence-corrected chi connectivity index (χ0v) is 15.4. The molecule has 0 fully saturated rings. The minimum absolute atomic E-state index is 0.0107. The van der Waals surface area contributed by atoms with Gasteiger partial charge < -0.3 is 5.32 Å². The molecule has 1 aromatic heterocycles. The maximum absolute atomic E-state index is 12.9. The second-order valence-electron chi connectivity index (χ2n) is 6.07. The van der Waals surface area contributed by atoms with E-state index in [1.54, 1.807) is 30.5 Å². The lowest BCUT2D eigenvalue weighted by Gasteiger charge is -2.09. The molecule has 0 aliphatic heterocycles. The van der Waals surface area contributed by atoms with Crippen LogP contribution in [0, 0.1) is 5.82 Å². The van der Waals surface area contributed by atoms with E-state index in [0.29, 0.717) is 13.0 Å². The molecular weight excluding hydrogens is 365 g/mol. The van der Waals surface area contributed by atoms with Crippen LogP contribution in [-0.2, 0) is 23.0 Å². The molecule has 0 aliphatic rings. The lowest BCUT2D eigenvalue weighted by Crippen LogP contribution is -2.18. The van der Waals surface area contributed by atoms with Crippen LogP contribution in [0.5, 0.6) is 0 Å². The number of rotatable bonds is 8. The molecule has 0 atom stereocenters. The maximum atomic E-state index is 12.9. The van der Waals surface area contributed by atoms with Crippen LogP contribution in [0.1, 0.15) is 11.1 Å². The average molecular weight is 385 g/mol. The number of pyridine rings is 1. The maximum Gasteiger partial charge on any atom is 0.234 e. The number of nitrogens with one attached hydrogen (secondary N) is 2. The second-order valence-corrected chi connectivity index (χ2v) is 7.91. The Morgan fingerprint density at radius 1 is 0.889 bits per heavy atom. The van der Waals surface area contributed by atoms with Crippen molar-refractivity contribution >= 4 is 21.5 Å². The molecule has 0 saturated heterocycles. The van der Waals surface area contributed by atoms with Gasteiger partial charge in [0.15, 0.2) is 0 Å². The van der Waals surface area contributed by atoms with Crippen molar-refractivity contribution in [3.63, 3.8) is 0 Å². The molecule has 3 rings (SSSR count). The molecule has 7 heteroatoms. The molecule has 140 valence electrons. The summed E-state index contributed by atoms with van der Waals surface area (Å²) in [6.07, 6.45) is 1.99. The molecule has 0 radical (unpaired) electrons. The van der Waals surface area contributed by atoms with Gasteiger partial charge in [-0.25, -0.2) is 17.8 Å². The Labute approximate surface area is 158 Å². The largest absolute Gasteiger partial charge is 0.380 e. The molecule has 2 N–H and O–H groups in total. The number of benzene rings is 2. The van der Waals surface area contributed by atoms with Gasteiger partial charge >= 0.3 is 0 Å². The van der Waals surface area contributed by atoms with E-state index < -0.39 is 10.0 Å². The second kappa shape index (κ2) is 8.64. The number of halogens is 1. The summed E-state index contributed by atoms with van der Waals surface area (Å²) in [5.41, 5.74) is 2.64. The van der Waals surface area contributed by atoms with Gasteiger partial charge in [-0.2, -0.15) is 0 Å². The number of aromatic nitrogens is 1. The third-order valence-corrected chi connectivity index (χ3v) is 5.20. The number of sulfonamides is 1. The Bertz CT molecular complexity index is 960. The molecule has 2 aromatic carbocycles. The zero-order chi connectivity index (χ0) is 19.1. The number of aryl methyl sites for hydroxylation is 1. The van der Waals surface area contributed by atoms with Gasteiger partial charge in [0.05, 0.1) is 17.6 Å². The number of nitrogens with zero attached hydrogens (tertiary/aromatic N) is 1. The first-order chi connectivity index (χ1) is 13.0. The molecule has 0 aliphatic carbocycles. The molecule has 0 unspecified atom stereocenters. The summed E-state index contributed by atoms with van der Waals surface area (Å²) in [7, 11) is -3.47. The van der Waals surface area contributed by atoms with Crippen LogP contribution in [0.3, 0.4) is 0 Å². The van der Waals surface area contributed by atoms with Crippen molar-refractivity contribution in [2.45, 2.75) is 13.0 Å². The van der Waals surface area contributed by atoms with Crippen LogP contribution in [-0.4, -0.2) is 19.2 Å². The first-order valence-corrected chi connectivity index (χ1v) is 10.1. The Hall–Kier alpha value is -2.93. The van der Waals surface area contributed by atoms with E-state index in [9.17, 15) is 12.8 Å². The Morgan fingerprint density at radius 3 is 2.30 bits per heavy atom. The van der Waals surface area contributed by atoms with Crippen molar-refractivity contribution in [3.05, 3.63) is 89.9 Å². The number of hydrogen-bond donors (Lipinski definition) is 2. The SMILES string of the molecule is O=S(=O)(CCc1ccccc1)Nc1ccc(NCc2ccc(F)cc2)cn1. The Balaban J connectivity index is 1.52. The number of hydrogen-bond acceptors (Lipinski definition) is 4. The molecule has 1 heterocycles. The van der Waals surface area contributed by atoms with Crippen molar-refractivity contribution < 1.29 is 12.8 Å². The Morgan fingerprint density at radius 2 is 1.63 bits per heavy atom. The van der Waals surface area contributed by atoms with Gasteiger partial charge in [0, 0.05) is 6.54 Å². The predicted octanol–water partition coefficient (Wildman–Crippen LogP) is 3.82. The van der Waals surface area contributed by atoms with Crippen molar-refractivity contribution in [3.8, 4) is 0 Å². The van der Waals surface area contributed by atoms with Gasteiger partial charge in [0.25, 0.3) is 0 Å². The summed E-state index contributed by atoms with van der Waals surface area (Å²) in [5.74, 6) is -0.0109. The third-order valence-electron chi connectivity index (χ3n) is 3.94. The van der Waals surface area contributed by atoms with Crippen molar-refractivity contribution in [1.82, 2.24) is 4.98 Å². The van der Waals surface area contributed by atoms with Crippen LogP contribution < -0.4 is 10.0 Å². The highest BCUT2D eigenvalue weighted by molar-refractivity contribution is 7.92. The summed E-state index contributed by atoms with van der Waals surface area (Å²) in [6.45, 7) is 0.518. The Kier molecular flexibility index (Phi) is 6.03. The first kappa shape index (κ1) is 18.8. The van der Waals surface area contributed by atoms with E-state index >= 15 is 0 Å². The van der Waals surface area contributed by atoms with Crippen molar-refractivity contribution in [2.75, 3.05) is 15.8 Å². The van der Waals surface area contributed by atoms with Gasteiger partial charge in [-0.1, -0.05) is 42.5 Å². The summed E-state index contributed by atoms with van der Waals surface area (Å²) in [5, 5.41) is 3.15. The standard InChI is InChI=1S/C20H20FN3O2S/c21-18-8-6-17(7-9-18)14-22-19-10-11-20(23-15-19)24-27(25,26)13-12-16-4-2-1-3-5-16/h1-11,15,22H,12-14H2,(H,23,24). The monoisotopic (exact) mass is 385 g/mol. The van der Waals surface area contributed by atoms with Crippen molar-refractivity contribution in [2.24, 2.45) is 0 Å². The van der Waals surface area contributed by atoms with Gasteiger partial charge in [0.1, 0.15) is 11.6 Å². The quantitative estimate of drug-likeness (QED) is 0.618. The predicted molar refractivity (Wildman–Crippen MR) is 106 cm³/mol. The fraction of sp³-hybridized carbons (Fsp3) is 0.150. The van der Waals surface area contributed by atoms with Gasteiger partial charge in [-0.15, -0.1) is 0 Å². The van der Waals surface area contributed by atoms with Gasteiger partial charge in [0.2, 0.25) is 10.0 Å². The molecule has 0 saturated carbocycles. The van der Waals surface area contributed by atoms with Gasteiger partial charge in [-0.05, 0) is 41.8 Å². The molecule has 0 amide bonds. The highest BCUT2D eigenvalue weighted by Gasteiger charge is 2.11. The highest BCUT2D eigenvalue weighted by atomic mass is 32.2. The zero-order valence-electron chi connectivity index (χ0n) is 14.6. The van der Waals surface area contributed by atoms with Crippen LogP contribution in [0.2, 0.25) is 0 Å². The smallest absolute Gasteiger partial charge is 0.234 e.